The maximum atomic E-state index is 4.48. The maximum absolute atomic E-state index is 4.48. The monoisotopic (exact) mass is 587 g/mol. The molecule has 1 aliphatic heterocycles. The number of rotatable bonds is 0. The number of fused-ring (bicyclic) bond motifs is 8. The molecule has 7 heteroatoms. The van der Waals surface area contributed by atoms with Gasteiger partial charge in [0, 0.05) is 51.0 Å². The Bertz CT molecular complexity index is 1120. The zero-order valence-electron chi connectivity index (χ0n) is 17.2. The zero-order valence-corrected chi connectivity index (χ0v) is 19.5. The van der Waals surface area contributed by atoms with Crippen molar-refractivity contribution >= 4 is 11.4 Å². The van der Waals surface area contributed by atoms with Crippen LogP contribution in [0.4, 0.5) is 11.4 Å². The molecule has 0 aliphatic carbocycles. The molecular formula is C24H20N6Pt+2. The van der Waals surface area contributed by atoms with Gasteiger partial charge in [-0.3, -0.25) is 9.97 Å². The molecule has 0 saturated heterocycles. The molecule has 1 aliphatic rings. The van der Waals surface area contributed by atoms with E-state index in [1.807, 2.05) is 61.7 Å². The van der Waals surface area contributed by atoms with Gasteiger partial charge in [0.15, 0.2) is 0 Å². The minimum atomic E-state index is 0. The van der Waals surface area contributed by atoms with Crippen molar-refractivity contribution in [1.29, 1.82) is 0 Å². The molecule has 4 aromatic rings. The summed E-state index contributed by atoms with van der Waals surface area (Å²) in [5.41, 5.74) is 7.99. The van der Waals surface area contributed by atoms with E-state index in [-0.39, 0.29) is 21.1 Å². The van der Waals surface area contributed by atoms with E-state index >= 15 is 0 Å². The van der Waals surface area contributed by atoms with E-state index in [2.05, 4.69) is 56.0 Å². The molecule has 0 fully saturated rings. The topological polar surface area (TPSA) is 58.0 Å². The van der Waals surface area contributed by atoms with Crippen molar-refractivity contribution in [3.8, 4) is 22.3 Å². The molecule has 5 heterocycles. The summed E-state index contributed by atoms with van der Waals surface area (Å²) in [5.74, 6) is 0. The van der Waals surface area contributed by atoms with Crippen molar-refractivity contribution in [2.24, 2.45) is 0 Å². The summed E-state index contributed by atoms with van der Waals surface area (Å²) >= 11 is 0. The maximum Gasteiger partial charge on any atom is 4.00 e. The minimum Gasteiger partial charge on any atom is -0.379 e. The van der Waals surface area contributed by atoms with Gasteiger partial charge in [0.2, 0.25) is 0 Å². The van der Waals surface area contributed by atoms with E-state index in [4.69, 9.17) is 0 Å². The first-order valence-electron chi connectivity index (χ1n) is 9.72. The van der Waals surface area contributed by atoms with E-state index in [0.717, 1.165) is 44.8 Å². The van der Waals surface area contributed by atoms with Gasteiger partial charge in [-0.05, 0) is 24.5 Å². The van der Waals surface area contributed by atoms with Crippen LogP contribution >= 0.6 is 0 Å². The molecule has 0 atom stereocenters. The number of hydrogen-bond acceptors (Lipinski definition) is 6. The van der Waals surface area contributed by atoms with Gasteiger partial charge in [0.05, 0.1) is 0 Å². The van der Waals surface area contributed by atoms with Gasteiger partial charge in [-0.1, -0.05) is 47.0 Å². The number of nitrogens with zero attached hydrogens (tertiary/aromatic N) is 6. The average Bonchev–Trinajstić information content (AvgIpc) is 2.79. The van der Waals surface area contributed by atoms with Gasteiger partial charge < -0.3 is 19.8 Å². The molecule has 0 aromatic carbocycles. The Balaban J connectivity index is 0.00000231. The molecule has 0 spiro atoms. The van der Waals surface area contributed by atoms with Crippen LogP contribution in [0.15, 0.2) is 61.7 Å². The normalized spacial score (nSPS) is 12.8. The van der Waals surface area contributed by atoms with Gasteiger partial charge in [-0.15, -0.1) is 23.3 Å². The SMILES string of the molecule is CN1Cc2[c-]c(cnc2)-c2cnccc2N(C)Cc2[c-]c(cnc2)-c2cnccc21.[Pt+4]. The number of pyridine rings is 4. The molecule has 0 saturated carbocycles. The van der Waals surface area contributed by atoms with E-state index < -0.39 is 0 Å². The standard InChI is InChI=1S/C24H20N6.Pt/c1-29-15-17-7-20(12-27-9-17)22-14-26-6-4-24(22)30(2)16-18-8-19(11-28-10-18)21-13-25-5-3-23(21)29;/h3-6,9-14H,15-16H2,1-2H3;/q-2;+4. The van der Waals surface area contributed by atoms with Crippen LogP contribution in [0.2, 0.25) is 0 Å². The Hall–Kier alpha value is -3.11. The predicted octanol–water partition coefficient (Wildman–Crippen LogP) is 3.78. The molecular weight excluding hydrogens is 567 g/mol. The van der Waals surface area contributed by atoms with Gasteiger partial charge in [0.25, 0.3) is 0 Å². The van der Waals surface area contributed by atoms with Crippen molar-refractivity contribution in [3.63, 3.8) is 0 Å². The van der Waals surface area contributed by atoms with Crippen LogP contribution in [0.5, 0.6) is 0 Å². The Morgan fingerprint density at radius 3 is 1.55 bits per heavy atom. The molecule has 154 valence electrons. The summed E-state index contributed by atoms with van der Waals surface area (Å²) in [5, 5.41) is 0. The molecule has 0 N–H and O–H groups in total. The van der Waals surface area contributed by atoms with Gasteiger partial charge in [-0.2, -0.15) is 0 Å². The Morgan fingerprint density at radius 1 is 0.645 bits per heavy atom. The summed E-state index contributed by atoms with van der Waals surface area (Å²) in [6.07, 6.45) is 14.8. The van der Waals surface area contributed by atoms with Crippen molar-refractivity contribution < 1.29 is 21.1 Å². The number of aromatic nitrogens is 4. The van der Waals surface area contributed by atoms with Crippen LogP contribution in [0, 0.1) is 12.1 Å². The van der Waals surface area contributed by atoms with E-state index in [1.54, 1.807) is 0 Å². The van der Waals surface area contributed by atoms with Gasteiger partial charge in [-0.25, -0.2) is 0 Å². The van der Waals surface area contributed by atoms with Crippen LogP contribution in [0.1, 0.15) is 11.1 Å². The smallest absolute Gasteiger partial charge is 0.379 e. The first-order chi connectivity index (χ1) is 14.7. The summed E-state index contributed by atoms with van der Waals surface area (Å²) in [6, 6.07) is 11.1. The molecule has 4 bridgehead atoms. The van der Waals surface area contributed by atoms with E-state index in [9.17, 15) is 0 Å². The van der Waals surface area contributed by atoms with Crippen molar-refractivity contribution in [2.75, 3.05) is 23.9 Å². The zero-order chi connectivity index (χ0) is 20.5. The number of anilines is 2. The number of hydrogen-bond donors (Lipinski definition) is 0. The van der Waals surface area contributed by atoms with Crippen molar-refractivity contribution in [2.45, 2.75) is 13.1 Å². The second-order valence-corrected chi connectivity index (χ2v) is 7.44. The summed E-state index contributed by atoms with van der Waals surface area (Å²) < 4.78 is 0. The van der Waals surface area contributed by atoms with Crippen LogP contribution in [-0.2, 0) is 34.2 Å². The molecule has 5 rings (SSSR count). The Morgan fingerprint density at radius 2 is 1.10 bits per heavy atom. The Labute approximate surface area is 196 Å². The quantitative estimate of drug-likeness (QED) is 0.292. The van der Waals surface area contributed by atoms with Crippen molar-refractivity contribution in [1.82, 2.24) is 19.9 Å². The van der Waals surface area contributed by atoms with Crippen LogP contribution < -0.4 is 9.80 Å². The fourth-order valence-corrected chi connectivity index (χ4v) is 3.85. The summed E-state index contributed by atoms with van der Waals surface area (Å²) in [7, 11) is 4.12. The largest absolute Gasteiger partial charge is 4.00 e. The van der Waals surface area contributed by atoms with Crippen LogP contribution in [0.3, 0.4) is 0 Å². The summed E-state index contributed by atoms with van der Waals surface area (Å²) in [6.45, 7) is 1.33. The Kier molecular flexibility index (Phi) is 6.10. The minimum absolute atomic E-state index is 0. The predicted molar refractivity (Wildman–Crippen MR) is 117 cm³/mol. The molecule has 0 radical (unpaired) electrons. The molecule has 31 heavy (non-hydrogen) atoms. The average molecular weight is 588 g/mol. The van der Waals surface area contributed by atoms with Crippen molar-refractivity contribution in [3.05, 3.63) is 85.0 Å². The third kappa shape index (κ3) is 4.21. The molecule has 0 amide bonds. The van der Waals surface area contributed by atoms with E-state index in [0.29, 0.717) is 13.1 Å². The molecule has 4 aromatic heterocycles. The molecule has 0 unspecified atom stereocenters. The first-order valence-corrected chi connectivity index (χ1v) is 9.72. The third-order valence-electron chi connectivity index (χ3n) is 5.27. The second kappa shape index (κ2) is 8.94. The first kappa shape index (κ1) is 21.1. The molecule has 6 nitrogen and oxygen atoms in total. The fourth-order valence-electron chi connectivity index (χ4n) is 3.85. The van der Waals surface area contributed by atoms with Crippen LogP contribution in [-0.4, -0.2) is 34.0 Å². The fraction of sp³-hybridized carbons (Fsp3) is 0.167. The second-order valence-electron chi connectivity index (χ2n) is 7.44. The van der Waals surface area contributed by atoms with E-state index in [1.165, 1.54) is 0 Å². The summed E-state index contributed by atoms with van der Waals surface area (Å²) in [4.78, 5) is 22.0. The van der Waals surface area contributed by atoms with Crippen LogP contribution in [0.25, 0.3) is 22.3 Å². The van der Waals surface area contributed by atoms with Gasteiger partial charge >= 0.3 is 21.1 Å². The third-order valence-corrected chi connectivity index (χ3v) is 5.27. The van der Waals surface area contributed by atoms with Gasteiger partial charge in [0.1, 0.15) is 0 Å².